The minimum absolute atomic E-state index is 0.0492. The molecule has 18 heteroatoms. The molecule has 4 aromatic heterocycles. The molecule has 5 heterocycles. The van der Waals surface area contributed by atoms with Crippen molar-refractivity contribution >= 4 is 34.7 Å². The molecule has 1 fully saturated rings. The predicted octanol–water partition coefficient (Wildman–Crippen LogP) is 3.85. The van der Waals surface area contributed by atoms with E-state index in [9.17, 15) is 24.3 Å². The van der Waals surface area contributed by atoms with Crippen LogP contribution in [0.1, 0.15) is 79.6 Å². The maximum atomic E-state index is 13.3. The quantitative estimate of drug-likeness (QED) is 0.0872. The number of benzene rings is 1. The number of fused-ring (bicyclic) bond motifs is 1. The zero-order valence-electron chi connectivity index (χ0n) is 31.1. The third-order valence-corrected chi connectivity index (χ3v) is 9.56. The highest BCUT2D eigenvalue weighted by Crippen LogP contribution is 2.40. The van der Waals surface area contributed by atoms with Crippen LogP contribution in [0.3, 0.4) is 0 Å². The van der Waals surface area contributed by atoms with Crippen LogP contribution in [0, 0.1) is 40.0 Å². The molecule has 1 saturated heterocycles. The van der Waals surface area contributed by atoms with Crippen LogP contribution in [0.5, 0.6) is 5.75 Å². The summed E-state index contributed by atoms with van der Waals surface area (Å²) in [5.74, 6) is 0.645. The molecule has 55 heavy (non-hydrogen) atoms. The van der Waals surface area contributed by atoms with Crippen molar-refractivity contribution in [2.75, 3.05) is 6.61 Å². The standard InChI is InChI=1S/C37H38ClN5O12/c1-9-37(16-49-28(46)13-36(7,8)29-19(3)10-18(2)11-23(29)52-22(6)44)26(45)12-27(55-37)43-17-40-30-31(39-14-24-20(4)50-34(47)53-24)42(33(38)41-32(30)43)15-25-21(5)51-35(48)54-25/h1,10-11,17,26-27,45H,12-16H2,2-8H3/t26-,27+,37+/m0/s1. The number of hydrogen-bond acceptors (Lipinski definition) is 15. The summed E-state index contributed by atoms with van der Waals surface area (Å²) in [4.78, 5) is 62.4. The molecule has 3 atom stereocenters. The Morgan fingerprint density at radius 1 is 1.11 bits per heavy atom. The van der Waals surface area contributed by atoms with Crippen LogP contribution in [-0.4, -0.2) is 54.5 Å². The third kappa shape index (κ3) is 7.79. The van der Waals surface area contributed by atoms with Gasteiger partial charge in [-0.1, -0.05) is 25.8 Å². The van der Waals surface area contributed by atoms with Gasteiger partial charge < -0.3 is 37.0 Å². The molecule has 1 aliphatic rings. The number of carbonyl (C=O) groups is 2. The lowest BCUT2D eigenvalue weighted by Crippen LogP contribution is -2.43. The van der Waals surface area contributed by atoms with Crippen molar-refractivity contribution in [3.8, 4) is 18.1 Å². The van der Waals surface area contributed by atoms with Crippen molar-refractivity contribution in [2.24, 2.45) is 4.99 Å². The van der Waals surface area contributed by atoms with Crippen LogP contribution in [0.2, 0.25) is 5.28 Å². The molecule has 17 nitrogen and oxygen atoms in total. The van der Waals surface area contributed by atoms with Crippen LogP contribution in [0.15, 0.2) is 50.7 Å². The van der Waals surface area contributed by atoms with Gasteiger partial charge in [0.15, 0.2) is 33.8 Å². The van der Waals surface area contributed by atoms with E-state index in [1.165, 1.54) is 22.4 Å². The number of halogens is 1. The van der Waals surface area contributed by atoms with Crippen LogP contribution < -0.4 is 21.9 Å². The van der Waals surface area contributed by atoms with Gasteiger partial charge >= 0.3 is 23.6 Å². The minimum atomic E-state index is -1.75. The Morgan fingerprint density at radius 3 is 2.40 bits per heavy atom. The number of nitrogens with zero attached hydrogens (tertiary/aromatic N) is 5. The number of aryl methyl sites for hydroxylation is 4. The van der Waals surface area contributed by atoms with E-state index in [1.807, 2.05) is 33.8 Å². The highest BCUT2D eigenvalue weighted by atomic mass is 35.5. The van der Waals surface area contributed by atoms with E-state index in [1.54, 1.807) is 19.9 Å². The fourth-order valence-electron chi connectivity index (χ4n) is 6.77. The molecule has 5 aromatic rings. The Balaban J connectivity index is 1.28. The molecule has 0 unspecified atom stereocenters. The number of aliphatic hydroxyl groups is 1. The molecular weight excluding hydrogens is 742 g/mol. The van der Waals surface area contributed by atoms with Crippen molar-refractivity contribution in [1.82, 2.24) is 19.1 Å². The molecule has 1 N–H and O–H groups in total. The van der Waals surface area contributed by atoms with E-state index in [0.29, 0.717) is 11.3 Å². The van der Waals surface area contributed by atoms with Gasteiger partial charge in [0.05, 0.1) is 19.3 Å². The number of aliphatic hydroxyl groups excluding tert-OH is 1. The SMILES string of the molecule is C#C[C@]1(COC(=O)CC(C)(C)c2c(C)cc(C)cc2OC(C)=O)O[C@@H](n2cnc3c(=NCc4oc(=O)oc4C)n(Cc4oc(=O)oc4C)c(Cl)nc32)C[C@@H]1O. The van der Waals surface area contributed by atoms with Gasteiger partial charge in [0.1, 0.15) is 42.8 Å². The molecule has 0 amide bonds. The van der Waals surface area contributed by atoms with E-state index < -0.39 is 53.5 Å². The first-order valence-electron chi connectivity index (χ1n) is 17.0. The number of aromatic nitrogens is 4. The van der Waals surface area contributed by atoms with Gasteiger partial charge in [0.25, 0.3) is 0 Å². The third-order valence-electron chi connectivity index (χ3n) is 9.27. The predicted molar refractivity (Wildman–Crippen MR) is 191 cm³/mol. The molecule has 0 aliphatic carbocycles. The van der Waals surface area contributed by atoms with E-state index >= 15 is 0 Å². The first kappa shape index (κ1) is 39.0. The Kier molecular flexibility index (Phi) is 10.5. The first-order valence-corrected chi connectivity index (χ1v) is 17.4. The average molecular weight is 780 g/mol. The fourth-order valence-corrected chi connectivity index (χ4v) is 6.99. The van der Waals surface area contributed by atoms with Gasteiger partial charge in [-0.05, 0) is 56.5 Å². The van der Waals surface area contributed by atoms with Crippen molar-refractivity contribution in [3.05, 3.63) is 90.2 Å². The normalized spacial score (nSPS) is 18.9. The Morgan fingerprint density at radius 2 is 1.78 bits per heavy atom. The highest BCUT2D eigenvalue weighted by molar-refractivity contribution is 6.28. The van der Waals surface area contributed by atoms with Crippen LogP contribution in [0.25, 0.3) is 11.2 Å². The molecular formula is C37H38ClN5O12. The Bertz CT molecular complexity index is 2540. The monoisotopic (exact) mass is 779 g/mol. The highest BCUT2D eigenvalue weighted by Gasteiger charge is 2.49. The number of rotatable bonds is 11. The van der Waals surface area contributed by atoms with E-state index in [4.69, 9.17) is 49.9 Å². The molecule has 6 rings (SSSR count). The Hall–Kier alpha value is -5.70. The maximum absolute atomic E-state index is 13.3. The van der Waals surface area contributed by atoms with Crippen molar-refractivity contribution in [3.63, 3.8) is 0 Å². The van der Waals surface area contributed by atoms with Crippen molar-refractivity contribution in [1.29, 1.82) is 0 Å². The van der Waals surface area contributed by atoms with Crippen LogP contribution >= 0.6 is 11.6 Å². The summed E-state index contributed by atoms with van der Waals surface area (Å²) >= 11 is 6.72. The molecule has 0 radical (unpaired) electrons. The molecule has 1 aromatic carbocycles. The summed E-state index contributed by atoms with van der Waals surface area (Å²) in [6.07, 6.45) is 4.91. The van der Waals surface area contributed by atoms with Crippen molar-refractivity contribution in [2.45, 2.75) is 97.7 Å². The molecule has 0 spiro atoms. The number of ether oxygens (including phenoxy) is 3. The number of carbonyl (C=O) groups excluding carboxylic acids is 2. The lowest BCUT2D eigenvalue weighted by molar-refractivity contribution is -0.157. The summed E-state index contributed by atoms with van der Waals surface area (Å²) in [7, 11) is 0. The number of terminal acetylenes is 1. The number of hydrogen-bond donors (Lipinski definition) is 1. The lowest BCUT2D eigenvalue weighted by Gasteiger charge is -2.30. The van der Waals surface area contributed by atoms with Crippen LogP contribution in [-0.2, 0) is 37.6 Å². The van der Waals surface area contributed by atoms with Crippen LogP contribution in [0.4, 0.5) is 0 Å². The molecule has 1 aliphatic heterocycles. The second kappa shape index (κ2) is 14.9. The summed E-state index contributed by atoms with van der Waals surface area (Å²) < 4.78 is 40.6. The zero-order valence-corrected chi connectivity index (χ0v) is 31.8. The second-order valence-corrected chi connectivity index (χ2v) is 14.3. The van der Waals surface area contributed by atoms with Gasteiger partial charge in [-0.3, -0.25) is 23.7 Å². The van der Waals surface area contributed by atoms with E-state index in [0.717, 1.165) is 11.1 Å². The molecule has 0 bridgehead atoms. The summed E-state index contributed by atoms with van der Waals surface area (Å²) in [5, 5.41) is 11.2. The largest absolute Gasteiger partial charge is 0.519 e. The van der Waals surface area contributed by atoms with Gasteiger partial charge in [-0.2, -0.15) is 4.98 Å². The van der Waals surface area contributed by atoms with E-state index in [2.05, 4.69) is 20.9 Å². The van der Waals surface area contributed by atoms with E-state index in [-0.39, 0.29) is 70.9 Å². The zero-order chi connectivity index (χ0) is 40.0. The summed E-state index contributed by atoms with van der Waals surface area (Å²) in [6.45, 7) is 11.0. The summed E-state index contributed by atoms with van der Waals surface area (Å²) in [6, 6.07) is 3.67. The van der Waals surface area contributed by atoms with Gasteiger partial charge in [-0.15, -0.1) is 6.42 Å². The smallest absolute Gasteiger partial charge is 0.461 e. The fraction of sp³-hybridized carbons (Fsp3) is 0.432. The number of imidazole rings is 1. The van der Waals surface area contributed by atoms with Crippen molar-refractivity contribution < 1.29 is 46.6 Å². The average Bonchev–Trinajstić information content (AvgIpc) is 3.82. The second-order valence-electron chi connectivity index (χ2n) is 13.9. The van der Waals surface area contributed by atoms with Gasteiger partial charge in [0.2, 0.25) is 5.28 Å². The topological polar surface area (TPSA) is 217 Å². The molecule has 290 valence electrons. The maximum Gasteiger partial charge on any atom is 0.519 e. The number of esters is 2. The lowest BCUT2D eigenvalue weighted by atomic mass is 9.78. The van der Waals surface area contributed by atoms with Gasteiger partial charge in [0, 0.05) is 24.3 Å². The molecule has 0 saturated carbocycles. The first-order chi connectivity index (χ1) is 25.9. The Labute approximate surface area is 317 Å². The summed E-state index contributed by atoms with van der Waals surface area (Å²) in [5.41, 5.74) is 0.359. The van der Waals surface area contributed by atoms with Gasteiger partial charge in [-0.25, -0.2) is 14.6 Å². The minimum Gasteiger partial charge on any atom is -0.461 e.